The molecule has 1 spiro atoms. The first-order valence-corrected chi connectivity index (χ1v) is 9.58. The van der Waals surface area contributed by atoms with Crippen LogP contribution in [0.25, 0.3) is 10.9 Å². The van der Waals surface area contributed by atoms with Gasteiger partial charge in [0.25, 0.3) is 5.56 Å². The Labute approximate surface area is 155 Å². The van der Waals surface area contributed by atoms with Gasteiger partial charge in [-0.05, 0) is 56.6 Å². The van der Waals surface area contributed by atoms with Gasteiger partial charge in [0.1, 0.15) is 5.82 Å². The van der Waals surface area contributed by atoms with E-state index in [2.05, 4.69) is 4.90 Å². The van der Waals surface area contributed by atoms with Crippen molar-refractivity contribution in [3.05, 3.63) is 38.3 Å². The van der Waals surface area contributed by atoms with Crippen LogP contribution in [0.4, 0.5) is 10.1 Å². The summed E-state index contributed by atoms with van der Waals surface area (Å²) >= 11 is 0. The highest BCUT2D eigenvalue weighted by molar-refractivity contribution is 5.87. The molecule has 7 nitrogen and oxygen atoms in total. The lowest BCUT2D eigenvalue weighted by Crippen LogP contribution is -2.44. The normalized spacial score (nSPS) is 23.5. The van der Waals surface area contributed by atoms with Gasteiger partial charge in [-0.2, -0.15) is 4.68 Å². The molecule has 2 aromatic rings. The predicted octanol–water partition coefficient (Wildman–Crippen LogP) is 0.835. The van der Waals surface area contributed by atoms with Gasteiger partial charge in [-0.15, -0.1) is 0 Å². The fourth-order valence-electron chi connectivity index (χ4n) is 4.97. The summed E-state index contributed by atoms with van der Waals surface area (Å²) in [6.07, 6.45) is 3.98. The van der Waals surface area contributed by atoms with Crippen molar-refractivity contribution in [1.29, 1.82) is 0 Å². The Balaban J connectivity index is 1.76. The van der Waals surface area contributed by atoms with Crippen LogP contribution in [-0.2, 0) is 0 Å². The zero-order chi connectivity index (χ0) is 19.1. The van der Waals surface area contributed by atoms with Gasteiger partial charge < -0.3 is 16.5 Å². The molecule has 1 saturated heterocycles. The lowest BCUT2D eigenvalue weighted by atomic mass is 9.93. The number of anilines is 1. The summed E-state index contributed by atoms with van der Waals surface area (Å²) in [7, 11) is 0. The van der Waals surface area contributed by atoms with Crippen molar-refractivity contribution in [2.75, 3.05) is 30.4 Å². The van der Waals surface area contributed by atoms with Crippen molar-refractivity contribution < 1.29 is 4.39 Å². The van der Waals surface area contributed by atoms with Crippen LogP contribution in [0.3, 0.4) is 0 Å². The van der Waals surface area contributed by atoms with Crippen molar-refractivity contribution >= 4 is 16.6 Å². The molecule has 0 bridgehead atoms. The molecule has 144 valence electrons. The van der Waals surface area contributed by atoms with Crippen LogP contribution in [0.1, 0.15) is 37.3 Å². The molecule has 3 fully saturated rings. The van der Waals surface area contributed by atoms with E-state index >= 15 is 4.39 Å². The van der Waals surface area contributed by atoms with Crippen molar-refractivity contribution in [3.8, 4) is 0 Å². The number of hydrogen-bond donors (Lipinski definition) is 2. The number of fused-ring (bicyclic) bond motifs is 1. The van der Waals surface area contributed by atoms with Crippen molar-refractivity contribution in [1.82, 2.24) is 9.24 Å². The van der Waals surface area contributed by atoms with E-state index in [1.807, 2.05) is 0 Å². The number of halogens is 1. The van der Waals surface area contributed by atoms with E-state index in [9.17, 15) is 9.59 Å². The Morgan fingerprint density at radius 2 is 2.00 bits per heavy atom. The molecule has 4 N–H and O–H groups in total. The van der Waals surface area contributed by atoms with Crippen LogP contribution in [-0.4, -0.2) is 28.9 Å². The minimum Gasteiger partial charge on any atom is -0.368 e. The van der Waals surface area contributed by atoms with Gasteiger partial charge in [0.2, 0.25) is 0 Å². The quantitative estimate of drug-likeness (QED) is 0.777. The van der Waals surface area contributed by atoms with Gasteiger partial charge in [0, 0.05) is 24.7 Å². The number of benzene rings is 1. The number of aryl methyl sites for hydroxylation is 1. The summed E-state index contributed by atoms with van der Waals surface area (Å²) in [5.41, 5.74) is 6.64. The van der Waals surface area contributed by atoms with Gasteiger partial charge in [0.05, 0.1) is 16.6 Å². The molecule has 0 radical (unpaired) electrons. The van der Waals surface area contributed by atoms with Crippen LogP contribution in [0.5, 0.6) is 0 Å². The Hall–Kier alpha value is -2.35. The third kappa shape index (κ3) is 2.22. The summed E-state index contributed by atoms with van der Waals surface area (Å²) in [4.78, 5) is 27.2. The fraction of sp³-hybridized carbons (Fsp3) is 0.579. The molecule has 5 rings (SSSR count). The van der Waals surface area contributed by atoms with E-state index in [0.717, 1.165) is 32.2 Å². The molecule has 27 heavy (non-hydrogen) atoms. The molecule has 1 atom stereocenters. The number of nitrogens with zero attached hydrogens (tertiary/aromatic N) is 3. The Morgan fingerprint density at radius 3 is 2.56 bits per heavy atom. The third-order valence-corrected chi connectivity index (χ3v) is 6.78. The van der Waals surface area contributed by atoms with Crippen molar-refractivity contribution in [2.24, 2.45) is 17.1 Å². The zero-order valence-electron chi connectivity index (χ0n) is 15.4. The van der Waals surface area contributed by atoms with Crippen molar-refractivity contribution in [3.63, 3.8) is 0 Å². The van der Waals surface area contributed by atoms with Gasteiger partial charge in [0.15, 0.2) is 0 Å². The standard InChI is InChI=1S/C19H24FN5O2/c1-10-15-13(17(26)25(22)18(27)24(15)12-2-3-12)6-14(20)16(10)23-8-11(7-21)19(9-23)4-5-19/h6,11-12H,2-5,7-9,21-22H2,1H3. The molecule has 1 aromatic carbocycles. The van der Waals surface area contributed by atoms with Gasteiger partial charge in [-0.25, -0.2) is 9.18 Å². The SMILES string of the molecule is Cc1c(N2CC(CN)C3(CC3)C2)c(F)cc2c(=O)n(N)c(=O)n(C3CC3)c12. The Kier molecular flexibility index (Phi) is 3.32. The number of rotatable bonds is 3. The Bertz CT molecular complexity index is 1080. The van der Waals surface area contributed by atoms with Crippen LogP contribution in [0.2, 0.25) is 0 Å². The van der Waals surface area contributed by atoms with Crippen molar-refractivity contribution in [2.45, 2.75) is 38.6 Å². The van der Waals surface area contributed by atoms with E-state index in [-0.39, 0.29) is 16.8 Å². The number of nitrogens with two attached hydrogens (primary N) is 2. The summed E-state index contributed by atoms with van der Waals surface area (Å²) < 4.78 is 17.3. The average molecular weight is 373 g/mol. The second kappa shape index (κ2) is 5.34. The third-order valence-electron chi connectivity index (χ3n) is 6.78. The second-order valence-corrected chi connectivity index (χ2v) is 8.46. The minimum atomic E-state index is -0.652. The largest absolute Gasteiger partial charge is 0.368 e. The maximum Gasteiger partial charge on any atom is 0.350 e. The number of hydrogen-bond acceptors (Lipinski definition) is 5. The van der Waals surface area contributed by atoms with Gasteiger partial charge in [-0.3, -0.25) is 9.36 Å². The molecule has 2 heterocycles. The van der Waals surface area contributed by atoms with Crippen LogP contribution in [0.15, 0.2) is 15.7 Å². The predicted molar refractivity (Wildman–Crippen MR) is 102 cm³/mol. The molecule has 2 aliphatic carbocycles. The van der Waals surface area contributed by atoms with Crippen LogP contribution >= 0.6 is 0 Å². The van der Waals surface area contributed by atoms with Gasteiger partial charge >= 0.3 is 5.69 Å². The molecule has 1 unspecified atom stereocenters. The summed E-state index contributed by atoms with van der Waals surface area (Å²) in [6.45, 7) is 3.88. The highest BCUT2D eigenvalue weighted by Crippen LogP contribution is 2.57. The molecule has 2 saturated carbocycles. The second-order valence-electron chi connectivity index (χ2n) is 8.46. The van der Waals surface area contributed by atoms with E-state index in [1.165, 1.54) is 6.07 Å². The topological polar surface area (TPSA) is 99.3 Å². The monoisotopic (exact) mass is 373 g/mol. The maximum absolute atomic E-state index is 15.1. The smallest absolute Gasteiger partial charge is 0.350 e. The summed E-state index contributed by atoms with van der Waals surface area (Å²) in [5.74, 6) is 5.60. The summed E-state index contributed by atoms with van der Waals surface area (Å²) in [5, 5.41) is 0.165. The molecule has 1 aliphatic heterocycles. The van der Waals surface area contributed by atoms with E-state index in [1.54, 1.807) is 11.5 Å². The molecule has 1 aromatic heterocycles. The first-order chi connectivity index (χ1) is 12.9. The molecule has 8 heteroatoms. The summed E-state index contributed by atoms with van der Waals surface area (Å²) in [6, 6.07) is 1.27. The minimum absolute atomic E-state index is 0.0255. The molecular weight excluding hydrogens is 349 g/mol. The molecular formula is C19H24FN5O2. The van der Waals surface area contributed by atoms with E-state index in [4.69, 9.17) is 11.6 Å². The first-order valence-electron chi connectivity index (χ1n) is 9.58. The van der Waals surface area contributed by atoms with Gasteiger partial charge in [-0.1, -0.05) is 0 Å². The lowest BCUT2D eigenvalue weighted by molar-refractivity contribution is 0.407. The number of nitrogen functional groups attached to an aromatic ring is 1. The molecule has 0 amide bonds. The van der Waals surface area contributed by atoms with Crippen LogP contribution < -0.4 is 27.7 Å². The van der Waals surface area contributed by atoms with E-state index in [0.29, 0.717) is 40.5 Å². The lowest BCUT2D eigenvalue weighted by Gasteiger charge is -2.24. The average Bonchev–Trinajstić information content (AvgIpc) is 3.54. The zero-order valence-corrected chi connectivity index (χ0v) is 15.4. The highest BCUT2D eigenvalue weighted by Gasteiger charge is 2.54. The molecule has 3 aliphatic rings. The maximum atomic E-state index is 15.1. The van der Waals surface area contributed by atoms with Crippen LogP contribution in [0, 0.1) is 24.1 Å². The van der Waals surface area contributed by atoms with E-state index < -0.39 is 17.1 Å². The fourth-order valence-corrected chi connectivity index (χ4v) is 4.97. The Morgan fingerprint density at radius 1 is 1.30 bits per heavy atom. The highest BCUT2D eigenvalue weighted by atomic mass is 19.1. The number of aromatic nitrogens is 2. The first kappa shape index (κ1) is 16.8.